The summed E-state index contributed by atoms with van der Waals surface area (Å²) in [4.78, 5) is 2.49. The van der Waals surface area contributed by atoms with Gasteiger partial charge in [-0.2, -0.15) is 0 Å². The largest absolute Gasteiger partial charge is 0.497 e. The van der Waals surface area contributed by atoms with Crippen molar-refractivity contribution in [3.8, 4) is 5.75 Å². The van der Waals surface area contributed by atoms with Crippen molar-refractivity contribution in [1.82, 2.24) is 10.2 Å². The lowest BCUT2D eigenvalue weighted by atomic mass is 10.2. The number of methoxy groups -OCH3 is 1. The summed E-state index contributed by atoms with van der Waals surface area (Å²) in [6, 6.07) is 6.16. The molecule has 1 saturated heterocycles. The van der Waals surface area contributed by atoms with Crippen LogP contribution in [-0.4, -0.2) is 38.2 Å². The van der Waals surface area contributed by atoms with Gasteiger partial charge in [0.25, 0.3) is 0 Å². The first-order chi connectivity index (χ1) is 8.29. The molecule has 0 aliphatic carbocycles. The van der Waals surface area contributed by atoms with Crippen LogP contribution in [0.5, 0.6) is 5.75 Å². The SMILES string of the molecule is COc1ccc(Br)c(CN2CCCNCC2)c1.Cl. The van der Waals surface area contributed by atoms with Gasteiger partial charge in [0.2, 0.25) is 0 Å². The predicted molar refractivity (Wildman–Crippen MR) is 80.7 cm³/mol. The number of ether oxygens (including phenoxy) is 1. The quantitative estimate of drug-likeness (QED) is 0.919. The zero-order valence-corrected chi connectivity index (χ0v) is 13.0. The Morgan fingerprint density at radius 3 is 2.94 bits per heavy atom. The molecule has 3 nitrogen and oxygen atoms in total. The number of hydrogen-bond donors (Lipinski definition) is 1. The number of halogens is 2. The van der Waals surface area contributed by atoms with Gasteiger partial charge in [0.15, 0.2) is 0 Å². The molecule has 102 valence electrons. The summed E-state index contributed by atoms with van der Waals surface area (Å²) in [7, 11) is 1.71. The third-order valence-electron chi connectivity index (χ3n) is 3.08. The van der Waals surface area contributed by atoms with Gasteiger partial charge < -0.3 is 10.1 Å². The molecular formula is C13H20BrClN2O. The first-order valence-corrected chi connectivity index (χ1v) is 6.84. The molecule has 0 bridgehead atoms. The Hall–Kier alpha value is -0.290. The second-order valence-corrected chi connectivity index (χ2v) is 5.19. The van der Waals surface area contributed by atoms with Gasteiger partial charge in [-0.15, -0.1) is 12.4 Å². The van der Waals surface area contributed by atoms with E-state index in [-0.39, 0.29) is 12.4 Å². The van der Waals surface area contributed by atoms with Crippen LogP contribution in [0, 0.1) is 0 Å². The molecule has 2 rings (SSSR count). The summed E-state index contributed by atoms with van der Waals surface area (Å²) in [6.45, 7) is 5.48. The van der Waals surface area contributed by atoms with E-state index in [9.17, 15) is 0 Å². The van der Waals surface area contributed by atoms with Crippen LogP contribution in [0.3, 0.4) is 0 Å². The standard InChI is InChI=1S/C13H19BrN2O.ClH/c1-17-12-3-4-13(14)11(9-12)10-16-7-2-5-15-6-8-16;/h3-4,9,15H,2,5-8,10H2,1H3;1H. The summed E-state index contributed by atoms with van der Waals surface area (Å²) in [5.41, 5.74) is 1.30. The van der Waals surface area contributed by atoms with Crippen molar-refractivity contribution in [1.29, 1.82) is 0 Å². The first kappa shape index (κ1) is 15.8. The highest BCUT2D eigenvalue weighted by molar-refractivity contribution is 9.10. The van der Waals surface area contributed by atoms with Gasteiger partial charge in [-0.1, -0.05) is 15.9 Å². The minimum atomic E-state index is 0. The lowest BCUT2D eigenvalue weighted by molar-refractivity contribution is 0.283. The van der Waals surface area contributed by atoms with Gasteiger partial charge in [0, 0.05) is 24.1 Å². The van der Waals surface area contributed by atoms with E-state index in [1.165, 1.54) is 12.0 Å². The maximum absolute atomic E-state index is 5.27. The fourth-order valence-corrected chi connectivity index (χ4v) is 2.47. The van der Waals surface area contributed by atoms with E-state index in [0.29, 0.717) is 0 Å². The molecule has 1 aliphatic rings. The lowest BCUT2D eigenvalue weighted by Crippen LogP contribution is -2.27. The summed E-state index contributed by atoms with van der Waals surface area (Å²) < 4.78 is 6.43. The second-order valence-electron chi connectivity index (χ2n) is 4.34. The van der Waals surface area contributed by atoms with E-state index in [1.807, 2.05) is 6.07 Å². The number of rotatable bonds is 3. The van der Waals surface area contributed by atoms with E-state index < -0.39 is 0 Å². The minimum Gasteiger partial charge on any atom is -0.497 e. The van der Waals surface area contributed by atoms with Crippen molar-refractivity contribution >= 4 is 28.3 Å². The molecule has 1 aliphatic heterocycles. The van der Waals surface area contributed by atoms with Crippen molar-refractivity contribution in [2.75, 3.05) is 33.3 Å². The Morgan fingerprint density at radius 2 is 2.17 bits per heavy atom. The minimum absolute atomic E-state index is 0. The number of nitrogens with zero attached hydrogens (tertiary/aromatic N) is 1. The second kappa shape index (κ2) is 8.00. The van der Waals surface area contributed by atoms with Gasteiger partial charge in [-0.3, -0.25) is 4.90 Å². The van der Waals surface area contributed by atoms with E-state index in [4.69, 9.17) is 4.74 Å². The molecular weight excluding hydrogens is 316 g/mol. The Labute approximate surface area is 123 Å². The molecule has 18 heavy (non-hydrogen) atoms. The lowest BCUT2D eigenvalue weighted by Gasteiger charge is -2.20. The fourth-order valence-electron chi connectivity index (χ4n) is 2.10. The zero-order valence-electron chi connectivity index (χ0n) is 10.6. The molecule has 1 heterocycles. The van der Waals surface area contributed by atoms with Crippen molar-refractivity contribution in [3.05, 3.63) is 28.2 Å². The fraction of sp³-hybridized carbons (Fsp3) is 0.538. The molecule has 1 aromatic rings. The van der Waals surface area contributed by atoms with Crippen LogP contribution in [0.1, 0.15) is 12.0 Å². The first-order valence-electron chi connectivity index (χ1n) is 6.05. The van der Waals surface area contributed by atoms with Crippen LogP contribution in [0.25, 0.3) is 0 Å². The molecule has 0 saturated carbocycles. The zero-order chi connectivity index (χ0) is 12.1. The van der Waals surface area contributed by atoms with E-state index in [1.54, 1.807) is 7.11 Å². The van der Waals surface area contributed by atoms with Gasteiger partial charge in [0.05, 0.1) is 7.11 Å². The maximum atomic E-state index is 5.27. The molecule has 0 spiro atoms. The maximum Gasteiger partial charge on any atom is 0.119 e. The molecule has 0 atom stereocenters. The topological polar surface area (TPSA) is 24.5 Å². The van der Waals surface area contributed by atoms with Crippen LogP contribution < -0.4 is 10.1 Å². The van der Waals surface area contributed by atoms with Crippen LogP contribution in [-0.2, 0) is 6.54 Å². The Balaban J connectivity index is 0.00000162. The van der Waals surface area contributed by atoms with Crippen LogP contribution in [0.4, 0.5) is 0 Å². The molecule has 0 aromatic heterocycles. The van der Waals surface area contributed by atoms with Crippen molar-refractivity contribution < 1.29 is 4.74 Å². The summed E-state index contributed by atoms with van der Waals surface area (Å²) >= 11 is 3.61. The summed E-state index contributed by atoms with van der Waals surface area (Å²) in [6.07, 6.45) is 1.22. The third-order valence-corrected chi connectivity index (χ3v) is 3.85. The Kier molecular flexibility index (Phi) is 7.00. The smallest absolute Gasteiger partial charge is 0.119 e. The van der Waals surface area contributed by atoms with Gasteiger partial charge in [0.1, 0.15) is 5.75 Å². The van der Waals surface area contributed by atoms with Gasteiger partial charge >= 0.3 is 0 Å². The van der Waals surface area contributed by atoms with Crippen molar-refractivity contribution in [3.63, 3.8) is 0 Å². The van der Waals surface area contributed by atoms with Gasteiger partial charge in [-0.25, -0.2) is 0 Å². The summed E-state index contributed by atoms with van der Waals surface area (Å²) in [5, 5.41) is 3.42. The highest BCUT2D eigenvalue weighted by Gasteiger charge is 2.11. The van der Waals surface area contributed by atoms with Crippen molar-refractivity contribution in [2.45, 2.75) is 13.0 Å². The highest BCUT2D eigenvalue weighted by Crippen LogP contribution is 2.23. The number of benzene rings is 1. The summed E-state index contributed by atoms with van der Waals surface area (Å²) in [5.74, 6) is 0.927. The van der Waals surface area contributed by atoms with E-state index in [0.717, 1.165) is 42.9 Å². The molecule has 1 aromatic carbocycles. The number of hydrogen-bond acceptors (Lipinski definition) is 3. The van der Waals surface area contributed by atoms with E-state index in [2.05, 4.69) is 38.3 Å². The molecule has 0 amide bonds. The molecule has 1 N–H and O–H groups in total. The highest BCUT2D eigenvalue weighted by atomic mass is 79.9. The average molecular weight is 336 g/mol. The van der Waals surface area contributed by atoms with Crippen LogP contribution in [0.2, 0.25) is 0 Å². The molecule has 1 fully saturated rings. The molecule has 5 heteroatoms. The average Bonchev–Trinajstić information content (AvgIpc) is 2.60. The monoisotopic (exact) mass is 334 g/mol. The Bertz CT molecular complexity index is 368. The number of nitrogens with one attached hydrogen (secondary N) is 1. The molecule has 0 unspecified atom stereocenters. The third kappa shape index (κ3) is 4.43. The normalized spacial score (nSPS) is 16.8. The predicted octanol–water partition coefficient (Wildman–Crippen LogP) is 2.67. The van der Waals surface area contributed by atoms with Gasteiger partial charge in [-0.05, 0) is 43.3 Å². The van der Waals surface area contributed by atoms with E-state index >= 15 is 0 Å². The van der Waals surface area contributed by atoms with Crippen LogP contribution >= 0.6 is 28.3 Å². The Morgan fingerprint density at radius 1 is 1.33 bits per heavy atom. The molecule has 0 radical (unpaired) electrons. The van der Waals surface area contributed by atoms with Crippen molar-refractivity contribution in [2.24, 2.45) is 0 Å². The van der Waals surface area contributed by atoms with Crippen LogP contribution in [0.15, 0.2) is 22.7 Å².